The topological polar surface area (TPSA) is 41.9 Å². The molecule has 0 spiro atoms. The Balaban J connectivity index is 2.16. The van der Waals surface area contributed by atoms with E-state index in [0.29, 0.717) is 35.9 Å². The van der Waals surface area contributed by atoms with E-state index in [-0.39, 0.29) is 0 Å². The number of benzene rings is 1. The Morgan fingerprint density at radius 2 is 1.76 bits per heavy atom. The Morgan fingerprint density at radius 3 is 2.19 bits per heavy atom. The fraction of sp³-hybridized carbons (Fsp3) is 0.500. The Bertz CT molecular complexity index is 488. The zero-order valence-electron chi connectivity index (χ0n) is 12.6. The van der Waals surface area contributed by atoms with Crippen molar-refractivity contribution in [2.45, 2.75) is 18.4 Å². The number of aliphatic hydroxyl groups is 1. The zero-order valence-corrected chi connectivity index (χ0v) is 13.3. The summed E-state index contributed by atoms with van der Waals surface area (Å²) < 4.78 is 10.6. The smallest absolute Gasteiger partial charge is 0.122 e. The molecule has 1 aromatic rings. The van der Waals surface area contributed by atoms with Gasteiger partial charge >= 0.3 is 0 Å². The van der Waals surface area contributed by atoms with Crippen LogP contribution in [0.15, 0.2) is 29.8 Å². The van der Waals surface area contributed by atoms with E-state index in [9.17, 15) is 5.11 Å². The monoisotopic (exact) mass is 311 g/mol. The molecule has 1 N–H and O–H groups in total. The number of hydrogen-bond donors (Lipinski definition) is 1. The number of hydrogen-bond acceptors (Lipinski definition) is 4. The summed E-state index contributed by atoms with van der Waals surface area (Å²) in [6.07, 6.45) is 1.29. The van der Waals surface area contributed by atoms with E-state index in [1.54, 1.807) is 20.3 Å². The van der Waals surface area contributed by atoms with Gasteiger partial charge in [0.15, 0.2) is 0 Å². The van der Waals surface area contributed by atoms with Gasteiger partial charge in [0.05, 0.1) is 19.8 Å². The fourth-order valence-corrected chi connectivity index (χ4v) is 2.86. The van der Waals surface area contributed by atoms with Crippen molar-refractivity contribution in [2.75, 3.05) is 33.9 Å². The Labute approximate surface area is 130 Å². The average molecular weight is 312 g/mol. The molecular weight excluding hydrogens is 290 g/mol. The lowest BCUT2D eigenvalue weighted by molar-refractivity contribution is -0.0238. The van der Waals surface area contributed by atoms with Crippen LogP contribution in [0.2, 0.25) is 0 Å². The summed E-state index contributed by atoms with van der Waals surface area (Å²) in [4.78, 5) is 2.20. The van der Waals surface area contributed by atoms with Crippen molar-refractivity contribution in [1.29, 1.82) is 0 Å². The molecule has 0 atom stereocenters. The molecule has 21 heavy (non-hydrogen) atoms. The molecule has 116 valence electrons. The van der Waals surface area contributed by atoms with Crippen molar-refractivity contribution in [3.8, 4) is 11.5 Å². The quantitative estimate of drug-likeness (QED) is 0.908. The van der Waals surface area contributed by atoms with Crippen LogP contribution in [0.5, 0.6) is 11.5 Å². The van der Waals surface area contributed by atoms with Crippen LogP contribution in [0.4, 0.5) is 0 Å². The highest BCUT2D eigenvalue weighted by Gasteiger charge is 2.34. The second-order valence-corrected chi connectivity index (χ2v) is 5.96. The molecule has 0 radical (unpaired) electrons. The van der Waals surface area contributed by atoms with Crippen LogP contribution >= 0.6 is 11.6 Å². The lowest BCUT2D eigenvalue weighted by Gasteiger charge is -2.38. The van der Waals surface area contributed by atoms with Crippen molar-refractivity contribution in [2.24, 2.45) is 0 Å². The molecule has 4 nitrogen and oxygen atoms in total. The van der Waals surface area contributed by atoms with Crippen molar-refractivity contribution in [3.63, 3.8) is 0 Å². The summed E-state index contributed by atoms with van der Waals surface area (Å²) in [7, 11) is 3.22. The third-order valence-corrected chi connectivity index (χ3v) is 4.09. The molecule has 1 aromatic carbocycles. The summed E-state index contributed by atoms with van der Waals surface area (Å²) in [6.45, 7) is 5.94. The lowest BCUT2D eigenvalue weighted by Crippen LogP contribution is -2.42. The molecule has 0 unspecified atom stereocenters. The van der Waals surface area contributed by atoms with Gasteiger partial charge in [-0.05, 0) is 30.5 Å². The van der Waals surface area contributed by atoms with Crippen LogP contribution in [0.3, 0.4) is 0 Å². The molecule has 0 bridgehead atoms. The molecule has 2 rings (SSSR count). The van der Waals surface area contributed by atoms with Gasteiger partial charge in [-0.15, -0.1) is 0 Å². The minimum absolute atomic E-state index is 0.628. The second kappa shape index (κ2) is 6.69. The number of methoxy groups -OCH3 is 2. The van der Waals surface area contributed by atoms with Gasteiger partial charge in [0, 0.05) is 30.7 Å². The standard InChI is InChI=1S/C16H22ClNO3/c1-12(17)11-18-6-4-16(19,5-7-18)13-8-14(20-2)10-15(9-13)21-3/h8-10,19H,1,4-7,11H2,2-3H3. The fourth-order valence-electron chi connectivity index (χ4n) is 2.69. The van der Waals surface area contributed by atoms with E-state index < -0.39 is 5.60 Å². The maximum absolute atomic E-state index is 10.9. The van der Waals surface area contributed by atoms with E-state index in [2.05, 4.69) is 11.5 Å². The first-order valence-electron chi connectivity index (χ1n) is 6.98. The van der Waals surface area contributed by atoms with Gasteiger partial charge in [0.25, 0.3) is 0 Å². The Morgan fingerprint density at radius 1 is 1.24 bits per heavy atom. The van der Waals surface area contributed by atoms with Gasteiger partial charge in [0.1, 0.15) is 11.5 Å². The number of ether oxygens (including phenoxy) is 2. The summed E-state index contributed by atoms with van der Waals surface area (Å²) >= 11 is 5.85. The van der Waals surface area contributed by atoms with Crippen molar-refractivity contribution in [3.05, 3.63) is 35.4 Å². The average Bonchev–Trinajstić information content (AvgIpc) is 2.48. The second-order valence-electron chi connectivity index (χ2n) is 5.43. The minimum Gasteiger partial charge on any atom is -0.497 e. The van der Waals surface area contributed by atoms with Crippen LogP contribution in [-0.4, -0.2) is 43.9 Å². The summed E-state index contributed by atoms with van der Waals surface area (Å²) in [5.41, 5.74) is -0.0190. The maximum Gasteiger partial charge on any atom is 0.122 e. The van der Waals surface area contributed by atoms with Crippen molar-refractivity contribution in [1.82, 2.24) is 4.90 Å². The van der Waals surface area contributed by atoms with E-state index >= 15 is 0 Å². The van der Waals surface area contributed by atoms with Crippen LogP contribution in [0.1, 0.15) is 18.4 Å². The molecule has 0 amide bonds. The normalized spacial score (nSPS) is 18.3. The highest BCUT2D eigenvalue weighted by Crippen LogP contribution is 2.37. The zero-order chi connectivity index (χ0) is 15.5. The van der Waals surface area contributed by atoms with Gasteiger partial charge in [-0.3, -0.25) is 4.90 Å². The predicted molar refractivity (Wildman–Crippen MR) is 84.1 cm³/mol. The maximum atomic E-state index is 10.9. The number of rotatable bonds is 5. The molecule has 1 fully saturated rings. The molecule has 1 heterocycles. The van der Waals surface area contributed by atoms with Gasteiger partial charge in [-0.1, -0.05) is 18.2 Å². The third kappa shape index (κ3) is 3.90. The summed E-state index contributed by atoms with van der Waals surface area (Å²) in [5.74, 6) is 1.38. The first-order chi connectivity index (χ1) is 9.96. The van der Waals surface area contributed by atoms with Gasteiger partial charge in [-0.2, -0.15) is 0 Å². The lowest BCUT2D eigenvalue weighted by atomic mass is 9.84. The highest BCUT2D eigenvalue weighted by atomic mass is 35.5. The number of halogens is 1. The Hall–Kier alpha value is -1.23. The van der Waals surface area contributed by atoms with E-state index in [1.807, 2.05) is 12.1 Å². The number of likely N-dealkylation sites (tertiary alicyclic amines) is 1. The summed E-state index contributed by atoms with van der Waals surface area (Å²) in [5, 5.41) is 11.6. The van der Waals surface area contributed by atoms with Crippen LogP contribution < -0.4 is 9.47 Å². The van der Waals surface area contributed by atoms with E-state index in [0.717, 1.165) is 18.7 Å². The molecular formula is C16H22ClNO3. The van der Waals surface area contributed by atoms with Crippen LogP contribution in [-0.2, 0) is 5.60 Å². The van der Waals surface area contributed by atoms with Crippen LogP contribution in [0.25, 0.3) is 0 Å². The minimum atomic E-state index is -0.855. The Kier molecular flexibility index (Phi) is 5.14. The molecule has 5 heteroatoms. The SMILES string of the molecule is C=C(Cl)CN1CCC(O)(c2cc(OC)cc(OC)c2)CC1. The van der Waals surface area contributed by atoms with Gasteiger partial charge < -0.3 is 14.6 Å². The molecule has 1 aliphatic rings. The first-order valence-corrected chi connectivity index (χ1v) is 7.36. The third-order valence-electron chi connectivity index (χ3n) is 3.97. The van der Waals surface area contributed by atoms with E-state index in [4.69, 9.17) is 21.1 Å². The number of nitrogens with zero attached hydrogens (tertiary/aromatic N) is 1. The number of piperidine rings is 1. The molecule has 0 aliphatic carbocycles. The summed E-state index contributed by atoms with van der Waals surface area (Å²) in [6, 6.07) is 5.55. The van der Waals surface area contributed by atoms with Gasteiger partial charge in [0.2, 0.25) is 0 Å². The van der Waals surface area contributed by atoms with Crippen molar-refractivity contribution >= 4 is 11.6 Å². The molecule has 1 saturated heterocycles. The van der Waals surface area contributed by atoms with E-state index in [1.165, 1.54) is 0 Å². The molecule has 0 saturated carbocycles. The molecule has 0 aromatic heterocycles. The van der Waals surface area contributed by atoms with Gasteiger partial charge in [-0.25, -0.2) is 0 Å². The largest absolute Gasteiger partial charge is 0.497 e. The van der Waals surface area contributed by atoms with Crippen LogP contribution in [0, 0.1) is 0 Å². The predicted octanol–water partition coefficient (Wildman–Crippen LogP) is 2.74. The van der Waals surface area contributed by atoms with Crippen molar-refractivity contribution < 1.29 is 14.6 Å². The molecule has 1 aliphatic heterocycles. The first kappa shape index (κ1) is 16.1. The highest BCUT2D eigenvalue weighted by molar-refractivity contribution is 6.29.